The topological polar surface area (TPSA) is 61.8 Å². The molecule has 4 aromatic rings. The fourth-order valence-corrected chi connectivity index (χ4v) is 2.92. The second kappa shape index (κ2) is 6.91. The first-order valence-electron chi connectivity index (χ1n) is 8.84. The molecule has 2 heterocycles. The summed E-state index contributed by atoms with van der Waals surface area (Å²) in [5, 5.41) is 10.7. The Morgan fingerprint density at radius 3 is 2.50 bits per heavy atom. The second-order valence-corrected chi connectivity index (χ2v) is 7.07. The van der Waals surface area contributed by atoms with E-state index in [-0.39, 0.29) is 5.82 Å². The van der Waals surface area contributed by atoms with Crippen LogP contribution in [-0.2, 0) is 0 Å². The number of halogens is 1. The molecule has 0 atom stereocenters. The van der Waals surface area contributed by atoms with Crippen LogP contribution in [0, 0.1) is 17.7 Å². The monoisotopic (exact) mass is 371 g/mol. The lowest BCUT2D eigenvalue weighted by Gasteiger charge is -2.07. The van der Waals surface area contributed by atoms with E-state index in [1.165, 1.54) is 12.1 Å². The summed E-state index contributed by atoms with van der Waals surface area (Å²) in [5.41, 5.74) is 3.89. The third kappa shape index (κ3) is 3.78. The van der Waals surface area contributed by atoms with Crippen LogP contribution in [0.2, 0.25) is 0 Å². The van der Waals surface area contributed by atoms with Crippen molar-refractivity contribution >= 4 is 10.9 Å². The predicted molar refractivity (Wildman–Crippen MR) is 108 cm³/mol. The number of nitrogens with one attached hydrogen (secondary N) is 1. The van der Waals surface area contributed by atoms with Gasteiger partial charge < -0.3 is 10.1 Å². The number of benzene rings is 2. The summed E-state index contributed by atoms with van der Waals surface area (Å²) in [7, 11) is 0. The Morgan fingerprint density at radius 2 is 1.75 bits per heavy atom. The van der Waals surface area contributed by atoms with Crippen molar-refractivity contribution < 1.29 is 9.50 Å². The maximum atomic E-state index is 13.2. The van der Waals surface area contributed by atoms with E-state index in [4.69, 9.17) is 0 Å². The molecule has 0 amide bonds. The molecule has 0 fully saturated rings. The van der Waals surface area contributed by atoms with Crippen molar-refractivity contribution in [3.8, 4) is 34.4 Å². The number of aromatic amines is 1. The largest absolute Gasteiger partial charge is 0.378 e. The van der Waals surface area contributed by atoms with Crippen LogP contribution in [0.3, 0.4) is 0 Å². The molecule has 0 saturated carbocycles. The molecule has 0 aliphatic carbocycles. The molecule has 2 aromatic heterocycles. The summed E-state index contributed by atoms with van der Waals surface area (Å²) in [6.45, 7) is 3.28. The first-order chi connectivity index (χ1) is 13.4. The Balaban J connectivity index is 1.77. The Labute approximate surface area is 162 Å². The van der Waals surface area contributed by atoms with Gasteiger partial charge in [-0.05, 0) is 56.3 Å². The van der Waals surface area contributed by atoms with Crippen molar-refractivity contribution in [3.63, 3.8) is 0 Å². The number of aliphatic hydroxyl groups is 1. The fraction of sp³-hybridized carbons (Fsp3) is 0.130. The summed E-state index contributed by atoms with van der Waals surface area (Å²) in [6, 6.07) is 14.1. The Morgan fingerprint density at radius 1 is 1.00 bits per heavy atom. The van der Waals surface area contributed by atoms with Gasteiger partial charge in [-0.15, -0.1) is 0 Å². The van der Waals surface area contributed by atoms with Crippen molar-refractivity contribution in [1.29, 1.82) is 0 Å². The quantitative estimate of drug-likeness (QED) is 0.508. The standard InChI is InChI=1S/C23H18FN3O/c1-23(2,28)10-9-15-11-18-12-17(5-8-20(18)25-13-15)22-21(26-14-27-22)16-3-6-19(24)7-4-16/h3-8,11-14,28H,1-2H3,(H,26,27). The van der Waals surface area contributed by atoms with E-state index in [9.17, 15) is 9.50 Å². The van der Waals surface area contributed by atoms with Crippen molar-refractivity contribution in [2.24, 2.45) is 0 Å². The highest BCUT2D eigenvalue weighted by Gasteiger charge is 2.12. The molecular formula is C23H18FN3O. The minimum Gasteiger partial charge on any atom is -0.378 e. The number of rotatable bonds is 2. The Bertz CT molecular complexity index is 1210. The first-order valence-corrected chi connectivity index (χ1v) is 8.84. The number of H-pyrrole nitrogens is 1. The first kappa shape index (κ1) is 17.9. The van der Waals surface area contributed by atoms with Gasteiger partial charge in [0.25, 0.3) is 0 Å². The van der Waals surface area contributed by atoms with Gasteiger partial charge in [-0.1, -0.05) is 17.9 Å². The summed E-state index contributed by atoms with van der Waals surface area (Å²) in [4.78, 5) is 12.0. The summed E-state index contributed by atoms with van der Waals surface area (Å²) < 4.78 is 13.2. The highest BCUT2D eigenvalue weighted by Crippen LogP contribution is 2.30. The second-order valence-electron chi connectivity index (χ2n) is 7.07. The highest BCUT2D eigenvalue weighted by molar-refractivity contribution is 5.87. The number of fused-ring (bicyclic) bond motifs is 1. The van der Waals surface area contributed by atoms with Gasteiger partial charge in [-0.3, -0.25) is 4.98 Å². The molecule has 0 unspecified atom stereocenters. The average Bonchev–Trinajstić information content (AvgIpc) is 3.15. The Kier molecular flexibility index (Phi) is 4.42. The van der Waals surface area contributed by atoms with E-state index in [1.807, 2.05) is 24.3 Å². The predicted octanol–water partition coefficient (Wildman–Crippen LogP) is 4.55. The van der Waals surface area contributed by atoms with Crippen LogP contribution in [0.5, 0.6) is 0 Å². The third-order valence-electron chi connectivity index (χ3n) is 4.24. The molecular weight excluding hydrogens is 353 g/mol. The minimum atomic E-state index is -1.06. The van der Waals surface area contributed by atoms with Gasteiger partial charge in [-0.2, -0.15) is 0 Å². The molecule has 0 radical (unpaired) electrons. The van der Waals surface area contributed by atoms with Crippen LogP contribution in [0.4, 0.5) is 4.39 Å². The van der Waals surface area contributed by atoms with Crippen LogP contribution < -0.4 is 0 Å². The van der Waals surface area contributed by atoms with Crippen LogP contribution in [0.25, 0.3) is 33.4 Å². The summed E-state index contributed by atoms with van der Waals surface area (Å²) in [5.74, 6) is 5.47. The van der Waals surface area contributed by atoms with E-state index in [0.29, 0.717) is 0 Å². The van der Waals surface area contributed by atoms with Crippen molar-refractivity contribution in [2.75, 3.05) is 0 Å². The molecule has 4 rings (SSSR count). The number of imidazole rings is 1. The molecule has 0 saturated heterocycles. The molecule has 0 spiro atoms. The number of nitrogens with zero attached hydrogens (tertiary/aromatic N) is 2. The SMILES string of the molecule is CC(C)(O)C#Cc1cnc2ccc(-c3nc[nH]c3-c3ccc(F)cc3)cc2c1. The van der Waals surface area contributed by atoms with Gasteiger partial charge in [0.15, 0.2) is 0 Å². The van der Waals surface area contributed by atoms with Crippen molar-refractivity contribution in [1.82, 2.24) is 15.0 Å². The third-order valence-corrected chi connectivity index (χ3v) is 4.24. The fourth-order valence-electron chi connectivity index (χ4n) is 2.92. The lowest BCUT2D eigenvalue weighted by Crippen LogP contribution is -2.14. The molecule has 0 aliphatic heterocycles. The average molecular weight is 371 g/mol. The molecule has 2 aromatic carbocycles. The van der Waals surface area contributed by atoms with E-state index in [0.717, 1.165) is 39.0 Å². The van der Waals surface area contributed by atoms with Gasteiger partial charge in [0.1, 0.15) is 11.4 Å². The van der Waals surface area contributed by atoms with Crippen molar-refractivity contribution in [3.05, 3.63) is 72.4 Å². The van der Waals surface area contributed by atoms with Gasteiger partial charge in [-0.25, -0.2) is 9.37 Å². The number of hydrogen-bond acceptors (Lipinski definition) is 3. The molecule has 2 N–H and O–H groups in total. The zero-order valence-corrected chi connectivity index (χ0v) is 15.5. The van der Waals surface area contributed by atoms with Gasteiger partial charge in [0.05, 0.1) is 23.2 Å². The minimum absolute atomic E-state index is 0.277. The summed E-state index contributed by atoms with van der Waals surface area (Å²) >= 11 is 0. The number of pyridine rings is 1. The molecule has 0 aliphatic rings. The normalized spacial score (nSPS) is 11.3. The van der Waals surface area contributed by atoms with Gasteiger partial charge in [0.2, 0.25) is 0 Å². The maximum Gasteiger partial charge on any atom is 0.123 e. The number of aromatic nitrogens is 3. The molecule has 28 heavy (non-hydrogen) atoms. The van der Waals surface area contributed by atoms with E-state index in [1.54, 1.807) is 38.5 Å². The van der Waals surface area contributed by atoms with E-state index < -0.39 is 5.60 Å². The van der Waals surface area contributed by atoms with Crippen LogP contribution in [0.1, 0.15) is 19.4 Å². The van der Waals surface area contributed by atoms with Crippen molar-refractivity contribution in [2.45, 2.75) is 19.4 Å². The molecule has 5 heteroatoms. The van der Waals surface area contributed by atoms with Crippen LogP contribution in [-0.4, -0.2) is 25.7 Å². The zero-order chi connectivity index (χ0) is 19.7. The smallest absolute Gasteiger partial charge is 0.123 e. The summed E-state index contributed by atoms with van der Waals surface area (Å²) in [6.07, 6.45) is 3.32. The van der Waals surface area contributed by atoms with E-state index >= 15 is 0 Å². The van der Waals surface area contributed by atoms with E-state index in [2.05, 4.69) is 26.8 Å². The van der Waals surface area contributed by atoms with Gasteiger partial charge in [0, 0.05) is 28.3 Å². The van der Waals surface area contributed by atoms with Gasteiger partial charge >= 0.3 is 0 Å². The highest BCUT2D eigenvalue weighted by atomic mass is 19.1. The molecule has 4 nitrogen and oxygen atoms in total. The van der Waals surface area contributed by atoms with Crippen LogP contribution in [0.15, 0.2) is 61.1 Å². The maximum absolute atomic E-state index is 13.2. The zero-order valence-electron chi connectivity index (χ0n) is 15.5. The van der Waals surface area contributed by atoms with Crippen LogP contribution >= 0.6 is 0 Å². The Hall–Kier alpha value is -3.49. The number of hydrogen-bond donors (Lipinski definition) is 2. The molecule has 0 bridgehead atoms. The lowest BCUT2D eigenvalue weighted by atomic mass is 10.0. The lowest BCUT2D eigenvalue weighted by molar-refractivity contribution is 0.143. The molecule has 138 valence electrons.